The molecule has 1 saturated heterocycles. The van der Waals surface area contributed by atoms with Crippen molar-refractivity contribution in [2.75, 3.05) is 51.3 Å². The van der Waals surface area contributed by atoms with Gasteiger partial charge >= 0.3 is 0 Å². The zero-order valence-corrected chi connectivity index (χ0v) is 16.1. The van der Waals surface area contributed by atoms with Gasteiger partial charge in [0.1, 0.15) is 0 Å². The molecule has 0 aromatic heterocycles. The number of halogens is 1. The molecule has 0 atom stereocenters. The maximum Gasteiger partial charge on any atom is 0.244 e. The number of hydrogen-bond donors (Lipinski definition) is 1. The number of hydrogen-bond acceptors (Lipinski definition) is 4. The molecule has 28 heavy (non-hydrogen) atoms. The van der Waals surface area contributed by atoms with E-state index in [0.717, 1.165) is 32.7 Å². The normalized spacial score (nSPS) is 15.0. The van der Waals surface area contributed by atoms with Gasteiger partial charge in [-0.05, 0) is 35.9 Å². The van der Waals surface area contributed by atoms with Gasteiger partial charge < -0.3 is 15.0 Å². The highest BCUT2D eigenvalue weighted by atomic mass is 19.1. The number of para-hydroxylation sites is 1. The molecule has 0 spiro atoms. The number of nitrogens with one attached hydrogen (secondary N) is 1. The summed E-state index contributed by atoms with van der Waals surface area (Å²) in [6, 6.07) is 15.0. The minimum absolute atomic E-state index is 0.181. The number of rotatable bonds is 7. The lowest BCUT2D eigenvalue weighted by atomic mass is 10.2. The standard InChI is InChI=1S/C22H26FN3O2/c1-28-21-9-7-18(17-20(21)23)8-10-22(27)24-11-12-25-13-15-26(16-14-25)19-5-3-2-4-6-19/h2-10,17H,11-16H2,1H3,(H,24,27)/b10-8+. The van der Waals surface area contributed by atoms with E-state index in [-0.39, 0.29) is 11.7 Å². The van der Waals surface area contributed by atoms with Crippen LogP contribution < -0.4 is 15.0 Å². The number of carbonyl (C=O) groups is 1. The van der Waals surface area contributed by atoms with Gasteiger partial charge in [-0.1, -0.05) is 24.3 Å². The first-order chi connectivity index (χ1) is 13.7. The van der Waals surface area contributed by atoms with Crippen LogP contribution >= 0.6 is 0 Å². The van der Waals surface area contributed by atoms with Gasteiger partial charge in [-0.3, -0.25) is 9.69 Å². The van der Waals surface area contributed by atoms with Crippen molar-refractivity contribution < 1.29 is 13.9 Å². The second-order valence-electron chi connectivity index (χ2n) is 6.68. The van der Waals surface area contributed by atoms with Crippen LogP contribution in [-0.4, -0.2) is 57.2 Å². The number of nitrogens with zero attached hydrogens (tertiary/aromatic N) is 2. The zero-order valence-electron chi connectivity index (χ0n) is 16.1. The minimum Gasteiger partial charge on any atom is -0.494 e. The Morgan fingerprint density at radius 2 is 1.89 bits per heavy atom. The van der Waals surface area contributed by atoms with Crippen LogP contribution in [0, 0.1) is 5.82 Å². The van der Waals surface area contributed by atoms with Crippen molar-refractivity contribution in [3.8, 4) is 5.75 Å². The second-order valence-corrected chi connectivity index (χ2v) is 6.68. The Kier molecular flexibility index (Phi) is 7.03. The van der Waals surface area contributed by atoms with Gasteiger partial charge in [0.25, 0.3) is 0 Å². The van der Waals surface area contributed by atoms with E-state index in [1.54, 1.807) is 18.2 Å². The number of piperazine rings is 1. The molecule has 1 aliphatic heterocycles. The predicted molar refractivity (Wildman–Crippen MR) is 110 cm³/mol. The summed E-state index contributed by atoms with van der Waals surface area (Å²) in [6.45, 7) is 5.34. The molecule has 148 valence electrons. The summed E-state index contributed by atoms with van der Waals surface area (Å²) in [4.78, 5) is 16.7. The predicted octanol–water partition coefficient (Wildman–Crippen LogP) is 2.79. The van der Waals surface area contributed by atoms with Gasteiger partial charge in [0, 0.05) is 51.0 Å². The van der Waals surface area contributed by atoms with Crippen molar-refractivity contribution in [3.05, 3.63) is 66.0 Å². The highest BCUT2D eigenvalue weighted by molar-refractivity contribution is 5.91. The maximum atomic E-state index is 13.7. The first-order valence-electron chi connectivity index (χ1n) is 9.47. The summed E-state index contributed by atoms with van der Waals surface area (Å²) in [5.74, 6) is -0.437. The summed E-state index contributed by atoms with van der Waals surface area (Å²) >= 11 is 0. The van der Waals surface area contributed by atoms with Gasteiger partial charge in [-0.15, -0.1) is 0 Å². The van der Waals surface area contributed by atoms with Crippen LogP contribution in [0.1, 0.15) is 5.56 Å². The average molecular weight is 383 g/mol. The smallest absolute Gasteiger partial charge is 0.244 e. The highest BCUT2D eigenvalue weighted by Crippen LogP contribution is 2.18. The summed E-state index contributed by atoms with van der Waals surface area (Å²) in [5.41, 5.74) is 1.88. The number of carbonyl (C=O) groups excluding carboxylic acids is 1. The zero-order chi connectivity index (χ0) is 19.8. The molecule has 1 fully saturated rings. The van der Waals surface area contributed by atoms with E-state index in [4.69, 9.17) is 4.74 Å². The van der Waals surface area contributed by atoms with Gasteiger partial charge in [0.05, 0.1) is 7.11 Å². The van der Waals surface area contributed by atoms with Crippen molar-refractivity contribution in [1.29, 1.82) is 0 Å². The molecule has 2 aromatic rings. The molecule has 1 aliphatic rings. The molecule has 0 aliphatic carbocycles. The molecule has 0 unspecified atom stereocenters. The molecule has 5 nitrogen and oxygen atoms in total. The van der Waals surface area contributed by atoms with E-state index in [9.17, 15) is 9.18 Å². The lowest BCUT2D eigenvalue weighted by Crippen LogP contribution is -2.48. The molecule has 6 heteroatoms. The minimum atomic E-state index is -0.445. The van der Waals surface area contributed by atoms with E-state index in [1.807, 2.05) is 6.07 Å². The van der Waals surface area contributed by atoms with Crippen molar-refractivity contribution in [2.45, 2.75) is 0 Å². The van der Waals surface area contributed by atoms with Crippen LogP contribution in [0.2, 0.25) is 0 Å². The molecule has 2 aromatic carbocycles. The highest BCUT2D eigenvalue weighted by Gasteiger charge is 2.16. The van der Waals surface area contributed by atoms with Gasteiger partial charge in [-0.2, -0.15) is 0 Å². The van der Waals surface area contributed by atoms with Crippen molar-refractivity contribution in [1.82, 2.24) is 10.2 Å². The monoisotopic (exact) mass is 383 g/mol. The largest absolute Gasteiger partial charge is 0.494 e. The van der Waals surface area contributed by atoms with Gasteiger partial charge in [0.2, 0.25) is 5.91 Å². The Hall–Kier alpha value is -2.86. The van der Waals surface area contributed by atoms with Crippen LogP contribution in [-0.2, 0) is 4.79 Å². The van der Waals surface area contributed by atoms with Crippen LogP contribution in [0.15, 0.2) is 54.6 Å². The van der Waals surface area contributed by atoms with E-state index in [1.165, 1.54) is 24.9 Å². The van der Waals surface area contributed by atoms with Crippen molar-refractivity contribution in [2.24, 2.45) is 0 Å². The van der Waals surface area contributed by atoms with Crippen LogP contribution in [0.25, 0.3) is 6.08 Å². The lowest BCUT2D eigenvalue weighted by molar-refractivity contribution is -0.116. The SMILES string of the molecule is COc1ccc(/C=C/C(=O)NCCN2CCN(c3ccccc3)CC2)cc1F. The first-order valence-corrected chi connectivity index (χ1v) is 9.47. The molecular formula is C22H26FN3O2. The van der Waals surface area contributed by atoms with E-state index in [2.05, 4.69) is 39.4 Å². The molecule has 1 heterocycles. The Balaban J connectivity index is 1.37. The fraction of sp³-hybridized carbons (Fsp3) is 0.318. The number of methoxy groups -OCH3 is 1. The summed E-state index contributed by atoms with van der Waals surface area (Å²) in [5, 5.41) is 2.88. The fourth-order valence-electron chi connectivity index (χ4n) is 3.22. The van der Waals surface area contributed by atoms with Crippen molar-refractivity contribution >= 4 is 17.7 Å². The third kappa shape index (κ3) is 5.57. The van der Waals surface area contributed by atoms with Gasteiger partial charge in [0.15, 0.2) is 11.6 Å². The first kappa shape index (κ1) is 19.9. The summed E-state index contributed by atoms with van der Waals surface area (Å²) in [7, 11) is 1.42. The van der Waals surface area contributed by atoms with E-state index in [0.29, 0.717) is 12.1 Å². The third-order valence-corrected chi connectivity index (χ3v) is 4.82. The number of anilines is 1. The quantitative estimate of drug-likeness (QED) is 0.747. The fourth-order valence-corrected chi connectivity index (χ4v) is 3.22. The molecule has 0 radical (unpaired) electrons. The van der Waals surface area contributed by atoms with Crippen LogP contribution in [0.5, 0.6) is 5.75 Å². The Bertz CT molecular complexity index is 803. The molecular weight excluding hydrogens is 357 g/mol. The Labute approximate surface area is 165 Å². The molecule has 0 bridgehead atoms. The molecule has 1 amide bonds. The van der Waals surface area contributed by atoms with Crippen LogP contribution in [0.4, 0.5) is 10.1 Å². The Morgan fingerprint density at radius 1 is 1.14 bits per heavy atom. The third-order valence-electron chi connectivity index (χ3n) is 4.82. The lowest BCUT2D eigenvalue weighted by Gasteiger charge is -2.36. The van der Waals surface area contributed by atoms with Gasteiger partial charge in [-0.25, -0.2) is 4.39 Å². The number of amides is 1. The number of ether oxygens (including phenoxy) is 1. The molecule has 0 saturated carbocycles. The Morgan fingerprint density at radius 3 is 2.57 bits per heavy atom. The van der Waals surface area contributed by atoms with E-state index >= 15 is 0 Å². The summed E-state index contributed by atoms with van der Waals surface area (Å²) < 4.78 is 18.5. The average Bonchev–Trinajstić information content (AvgIpc) is 2.73. The van der Waals surface area contributed by atoms with Crippen molar-refractivity contribution in [3.63, 3.8) is 0 Å². The molecule has 1 N–H and O–H groups in total. The molecule has 3 rings (SSSR count). The number of benzene rings is 2. The second kappa shape index (κ2) is 9.90. The summed E-state index contributed by atoms with van der Waals surface area (Å²) in [6.07, 6.45) is 3.02. The van der Waals surface area contributed by atoms with E-state index < -0.39 is 5.82 Å². The van der Waals surface area contributed by atoms with Crippen LogP contribution in [0.3, 0.4) is 0 Å². The maximum absolute atomic E-state index is 13.7. The topological polar surface area (TPSA) is 44.8 Å².